The number of hydrogen-bond donors (Lipinski definition) is 0. The first kappa shape index (κ1) is 18.7. The molecule has 3 heteroatoms. The SMILES string of the molecule is O=C(Cc1ccc2ccccc2c1)N1CCC(COCc2ccccc2)CC1. The molecule has 1 heterocycles. The number of carbonyl (C=O) groups excluding carboxylic acids is 1. The van der Waals surface area contributed by atoms with Gasteiger partial charge in [0.1, 0.15) is 0 Å². The van der Waals surface area contributed by atoms with Gasteiger partial charge in [-0.1, -0.05) is 72.8 Å². The van der Waals surface area contributed by atoms with Gasteiger partial charge < -0.3 is 9.64 Å². The summed E-state index contributed by atoms with van der Waals surface area (Å²) in [5.41, 5.74) is 2.31. The van der Waals surface area contributed by atoms with Gasteiger partial charge in [0.25, 0.3) is 0 Å². The number of benzene rings is 3. The average Bonchev–Trinajstić information content (AvgIpc) is 2.75. The van der Waals surface area contributed by atoms with Crippen molar-refractivity contribution >= 4 is 16.7 Å². The van der Waals surface area contributed by atoms with Crippen molar-refractivity contribution in [2.24, 2.45) is 5.92 Å². The Morgan fingerprint density at radius 1 is 0.857 bits per heavy atom. The van der Waals surface area contributed by atoms with E-state index in [1.807, 2.05) is 35.2 Å². The fraction of sp³-hybridized carbons (Fsp3) is 0.320. The zero-order chi connectivity index (χ0) is 19.2. The first-order valence-electron chi connectivity index (χ1n) is 10.1. The van der Waals surface area contributed by atoms with Crippen LogP contribution in [0.1, 0.15) is 24.0 Å². The molecular weight excluding hydrogens is 346 g/mol. The van der Waals surface area contributed by atoms with Crippen molar-refractivity contribution in [1.82, 2.24) is 4.90 Å². The van der Waals surface area contributed by atoms with Crippen LogP contribution >= 0.6 is 0 Å². The molecule has 3 aromatic carbocycles. The van der Waals surface area contributed by atoms with Crippen molar-refractivity contribution in [3.63, 3.8) is 0 Å². The summed E-state index contributed by atoms with van der Waals surface area (Å²) in [6, 6.07) is 24.9. The molecule has 1 aliphatic rings. The Balaban J connectivity index is 1.23. The van der Waals surface area contributed by atoms with Crippen LogP contribution in [-0.4, -0.2) is 30.5 Å². The summed E-state index contributed by atoms with van der Waals surface area (Å²) in [7, 11) is 0. The van der Waals surface area contributed by atoms with Crippen molar-refractivity contribution in [2.45, 2.75) is 25.9 Å². The van der Waals surface area contributed by atoms with E-state index in [1.54, 1.807) is 0 Å². The van der Waals surface area contributed by atoms with E-state index < -0.39 is 0 Å². The van der Waals surface area contributed by atoms with Crippen molar-refractivity contribution in [1.29, 1.82) is 0 Å². The monoisotopic (exact) mass is 373 g/mol. The van der Waals surface area contributed by atoms with Gasteiger partial charge in [-0.15, -0.1) is 0 Å². The van der Waals surface area contributed by atoms with Crippen molar-refractivity contribution in [3.05, 3.63) is 83.9 Å². The van der Waals surface area contributed by atoms with E-state index in [0.29, 0.717) is 18.9 Å². The van der Waals surface area contributed by atoms with E-state index >= 15 is 0 Å². The topological polar surface area (TPSA) is 29.5 Å². The number of likely N-dealkylation sites (tertiary alicyclic amines) is 1. The lowest BCUT2D eigenvalue weighted by atomic mass is 9.97. The van der Waals surface area contributed by atoms with Crippen LogP contribution in [0.2, 0.25) is 0 Å². The second kappa shape index (κ2) is 9.03. The third-order valence-corrected chi connectivity index (χ3v) is 5.60. The molecule has 3 aromatic rings. The fourth-order valence-corrected chi connectivity index (χ4v) is 3.90. The zero-order valence-electron chi connectivity index (χ0n) is 16.2. The highest BCUT2D eigenvalue weighted by Gasteiger charge is 2.23. The third kappa shape index (κ3) is 4.79. The second-order valence-corrected chi connectivity index (χ2v) is 7.68. The van der Waals surface area contributed by atoms with Crippen LogP contribution in [0.4, 0.5) is 0 Å². The molecule has 28 heavy (non-hydrogen) atoms. The normalized spacial score (nSPS) is 15.1. The molecule has 0 atom stereocenters. The van der Waals surface area contributed by atoms with E-state index in [2.05, 4.69) is 42.5 Å². The molecule has 0 spiro atoms. The number of rotatable bonds is 6. The molecule has 1 aliphatic heterocycles. The van der Waals surface area contributed by atoms with Gasteiger partial charge in [0.05, 0.1) is 13.0 Å². The minimum Gasteiger partial charge on any atom is -0.376 e. The van der Waals surface area contributed by atoms with Gasteiger partial charge in [-0.05, 0) is 40.7 Å². The molecule has 1 amide bonds. The molecule has 3 nitrogen and oxygen atoms in total. The average molecular weight is 373 g/mol. The van der Waals surface area contributed by atoms with Crippen molar-refractivity contribution in [2.75, 3.05) is 19.7 Å². The van der Waals surface area contributed by atoms with Gasteiger partial charge in [-0.2, -0.15) is 0 Å². The molecule has 0 aromatic heterocycles. The second-order valence-electron chi connectivity index (χ2n) is 7.68. The Bertz CT molecular complexity index is 914. The number of carbonyl (C=O) groups is 1. The smallest absolute Gasteiger partial charge is 0.226 e. The van der Waals surface area contributed by atoms with E-state index in [4.69, 9.17) is 4.74 Å². The van der Waals surface area contributed by atoms with Gasteiger partial charge in [-0.25, -0.2) is 0 Å². The number of hydrogen-bond acceptors (Lipinski definition) is 2. The number of ether oxygens (including phenoxy) is 1. The maximum absolute atomic E-state index is 12.7. The molecule has 0 saturated carbocycles. The summed E-state index contributed by atoms with van der Waals surface area (Å²) >= 11 is 0. The van der Waals surface area contributed by atoms with Crippen molar-refractivity contribution in [3.8, 4) is 0 Å². The molecule has 0 bridgehead atoms. The molecule has 4 rings (SSSR count). The highest BCUT2D eigenvalue weighted by molar-refractivity contribution is 5.85. The van der Waals surface area contributed by atoms with Gasteiger partial charge in [0.2, 0.25) is 5.91 Å². The third-order valence-electron chi connectivity index (χ3n) is 5.60. The maximum Gasteiger partial charge on any atom is 0.226 e. The van der Waals surface area contributed by atoms with Crippen LogP contribution in [0.25, 0.3) is 10.8 Å². The van der Waals surface area contributed by atoms with Crippen LogP contribution in [0.15, 0.2) is 72.8 Å². The number of piperidine rings is 1. The highest BCUT2D eigenvalue weighted by Crippen LogP contribution is 2.20. The Hall–Kier alpha value is -2.65. The van der Waals surface area contributed by atoms with E-state index in [-0.39, 0.29) is 5.91 Å². The number of fused-ring (bicyclic) bond motifs is 1. The summed E-state index contributed by atoms with van der Waals surface area (Å²) in [5, 5.41) is 2.41. The lowest BCUT2D eigenvalue weighted by Crippen LogP contribution is -2.40. The highest BCUT2D eigenvalue weighted by atomic mass is 16.5. The maximum atomic E-state index is 12.7. The van der Waals surface area contributed by atoms with E-state index in [9.17, 15) is 4.79 Å². The lowest BCUT2D eigenvalue weighted by Gasteiger charge is -2.32. The Kier molecular flexibility index (Phi) is 6.03. The summed E-state index contributed by atoms with van der Waals surface area (Å²) in [5.74, 6) is 0.785. The van der Waals surface area contributed by atoms with E-state index in [0.717, 1.165) is 38.1 Å². The molecular formula is C25H27NO2. The predicted octanol–water partition coefficient (Wildman–Crippen LogP) is 4.84. The summed E-state index contributed by atoms with van der Waals surface area (Å²) in [4.78, 5) is 14.7. The largest absolute Gasteiger partial charge is 0.376 e. The molecule has 0 unspecified atom stereocenters. The Labute approximate surface area is 166 Å². The minimum absolute atomic E-state index is 0.235. The number of amides is 1. The van der Waals surface area contributed by atoms with Crippen LogP contribution < -0.4 is 0 Å². The Morgan fingerprint density at radius 2 is 1.57 bits per heavy atom. The van der Waals surface area contributed by atoms with Gasteiger partial charge in [0.15, 0.2) is 0 Å². The number of nitrogens with zero attached hydrogens (tertiary/aromatic N) is 1. The summed E-state index contributed by atoms with van der Waals surface area (Å²) < 4.78 is 5.89. The standard InChI is InChI=1S/C25H27NO2/c27-25(17-22-10-11-23-8-4-5-9-24(23)16-22)26-14-12-21(13-15-26)19-28-18-20-6-2-1-3-7-20/h1-11,16,21H,12-15,17-19H2. The zero-order valence-corrected chi connectivity index (χ0v) is 16.2. The van der Waals surface area contributed by atoms with Crippen LogP contribution in [0, 0.1) is 5.92 Å². The molecule has 1 saturated heterocycles. The minimum atomic E-state index is 0.235. The quantitative estimate of drug-likeness (QED) is 0.619. The predicted molar refractivity (Wildman–Crippen MR) is 113 cm³/mol. The van der Waals surface area contributed by atoms with Gasteiger partial charge in [-0.3, -0.25) is 4.79 Å². The molecule has 0 radical (unpaired) electrons. The van der Waals surface area contributed by atoms with Crippen molar-refractivity contribution < 1.29 is 9.53 Å². The van der Waals surface area contributed by atoms with Crippen LogP contribution in [-0.2, 0) is 22.6 Å². The Morgan fingerprint density at radius 3 is 2.36 bits per heavy atom. The fourth-order valence-electron chi connectivity index (χ4n) is 3.90. The molecule has 144 valence electrons. The van der Waals surface area contributed by atoms with Gasteiger partial charge in [0, 0.05) is 19.7 Å². The van der Waals surface area contributed by atoms with Crippen LogP contribution in [0.3, 0.4) is 0 Å². The van der Waals surface area contributed by atoms with Gasteiger partial charge >= 0.3 is 0 Å². The first-order valence-corrected chi connectivity index (χ1v) is 10.1. The molecule has 1 fully saturated rings. The summed E-state index contributed by atoms with van der Waals surface area (Å²) in [6.07, 6.45) is 2.54. The van der Waals surface area contributed by atoms with Crippen LogP contribution in [0.5, 0.6) is 0 Å². The molecule has 0 N–H and O–H groups in total. The molecule has 0 aliphatic carbocycles. The first-order chi connectivity index (χ1) is 13.8. The lowest BCUT2D eigenvalue weighted by molar-refractivity contribution is -0.132. The van der Waals surface area contributed by atoms with E-state index in [1.165, 1.54) is 16.3 Å². The summed E-state index contributed by atoms with van der Waals surface area (Å²) in [6.45, 7) is 3.13.